The molecule has 0 heterocycles. The molecule has 20 heavy (non-hydrogen) atoms. The number of hydrogen-bond acceptors (Lipinski definition) is 3. The summed E-state index contributed by atoms with van der Waals surface area (Å²) in [5.74, 6) is 0.366. The van der Waals surface area contributed by atoms with Gasteiger partial charge in [0.15, 0.2) is 0 Å². The number of halogens is 1. The van der Waals surface area contributed by atoms with Gasteiger partial charge in [-0.2, -0.15) is 4.31 Å². The molecule has 1 unspecified atom stereocenters. The average Bonchev–Trinajstić information content (AvgIpc) is 2.39. The monoisotopic (exact) mass is 319 g/mol. The Morgan fingerprint density at radius 2 is 2.00 bits per heavy atom. The third-order valence-electron chi connectivity index (χ3n) is 3.06. The molecule has 0 amide bonds. The van der Waals surface area contributed by atoms with Crippen LogP contribution in [0, 0.1) is 0 Å². The Balaban J connectivity index is 2.91. The van der Waals surface area contributed by atoms with Crippen molar-refractivity contribution in [3.8, 4) is 0 Å². The van der Waals surface area contributed by atoms with Gasteiger partial charge in [0.1, 0.15) is 0 Å². The quantitative estimate of drug-likeness (QED) is 0.692. The molecule has 0 radical (unpaired) electrons. The van der Waals surface area contributed by atoms with Gasteiger partial charge in [0, 0.05) is 25.6 Å². The van der Waals surface area contributed by atoms with E-state index in [1.807, 2.05) is 38.1 Å². The first kappa shape index (κ1) is 17.4. The van der Waals surface area contributed by atoms with E-state index in [9.17, 15) is 8.42 Å². The third-order valence-corrected chi connectivity index (χ3v) is 5.40. The lowest BCUT2D eigenvalue weighted by Gasteiger charge is -2.26. The Hall–Kier alpha value is -0.620. The lowest BCUT2D eigenvalue weighted by Crippen LogP contribution is -2.41. The SMILES string of the molecule is CCN(C(C)COC)S(=O)(=O)Cc1cccc(CCl)c1. The first-order chi connectivity index (χ1) is 9.44. The van der Waals surface area contributed by atoms with Crippen LogP contribution in [0.2, 0.25) is 0 Å². The van der Waals surface area contributed by atoms with E-state index in [0.717, 1.165) is 11.1 Å². The predicted octanol–water partition coefficient (Wildman–Crippen LogP) is 2.61. The molecule has 0 saturated heterocycles. The first-order valence-electron chi connectivity index (χ1n) is 6.56. The summed E-state index contributed by atoms with van der Waals surface area (Å²) in [5, 5.41) is 0. The van der Waals surface area contributed by atoms with Crippen molar-refractivity contribution in [2.75, 3.05) is 20.3 Å². The van der Waals surface area contributed by atoms with Crippen LogP contribution in [-0.2, 0) is 26.4 Å². The zero-order valence-electron chi connectivity index (χ0n) is 12.2. The van der Waals surface area contributed by atoms with Crippen molar-refractivity contribution in [2.24, 2.45) is 0 Å². The van der Waals surface area contributed by atoms with Crippen molar-refractivity contribution in [1.29, 1.82) is 0 Å². The Morgan fingerprint density at radius 3 is 2.55 bits per heavy atom. The molecule has 114 valence electrons. The first-order valence-corrected chi connectivity index (χ1v) is 8.71. The summed E-state index contributed by atoms with van der Waals surface area (Å²) in [4.78, 5) is 0. The average molecular weight is 320 g/mol. The van der Waals surface area contributed by atoms with Crippen molar-refractivity contribution < 1.29 is 13.2 Å². The predicted molar refractivity (Wildman–Crippen MR) is 82.3 cm³/mol. The van der Waals surface area contributed by atoms with E-state index in [2.05, 4.69) is 0 Å². The molecule has 0 bridgehead atoms. The molecule has 0 N–H and O–H groups in total. The summed E-state index contributed by atoms with van der Waals surface area (Å²) in [6.45, 7) is 4.50. The molecule has 0 spiro atoms. The highest BCUT2D eigenvalue weighted by atomic mass is 35.5. The molecule has 0 aliphatic carbocycles. The molecule has 0 aromatic heterocycles. The van der Waals surface area contributed by atoms with E-state index in [0.29, 0.717) is 19.0 Å². The van der Waals surface area contributed by atoms with Crippen LogP contribution in [-0.4, -0.2) is 39.0 Å². The highest BCUT2D eigenvalue weighted by Gasteiger charge is 2.26. The molecular weight excluding hydrogens is 298 g/mol. The number of rotatable bonds is 8. The van der Waals surface area contributed by atoms with Gasteiger partial charge in [-0.1, -0.05) is 31.2 Å². The Bertz CT molecular complexity index is 519. The fraction of sp³-hybridized carbons (Fsp3) is 0.571. The summed E-state index contributed by atoms with van der Waals surface area (Å²) >= 11 is 5.78. The van der Waals surface area contributed by atoms with E-state index < -0.39 is 10.0 Å². The number of alkyl halides is 1. The van der Waals surface area contributed by atoms with Gasteiger partial charge in [0.2, 0.25) is 10.0 Å². The van der Waals surface area contributed by atoms with Crippen molar-refractivity contribution in [3.63, 3.8) is 0 Å². The number of nitrogens with zero attached hydrogens (tertiary/aromatic N) is 1. The molecule has 1 atom stereocenters. The number of benzene rings is 1. The highest BCUT2D eigenvalue weighted by molar-refractivity contribution is 7.88. The largest absolute Gasteiger partial charge is 0.383 e. The summed E-state index contributed by atoms with van der Waals surface area (Å²) in [5.41, 5.74) is 1.68. The topological polar surface area (TPSA) is 46.6 Å². The molecule has 6 heteroatoms. The van der Waals surface area contributed by atoms with Crippen molar-refractivity contribution in [2.45, 2.75) is 31.5 Å². The standard InChI is InChI=1S/C14H22ClNO3S/c1-4-16(12(2)10-19-3)20(17,18)11-14-7-5-6-13(8-14)9-15/h5-8,12H,4,9-11H2,1-3H3. The number of sulfonamides is 1. The van der Waals surface area contributed by atoms with Gasteiger partial charge in [-0.3, -0.25) is 0 Å². The minimum atomic E-state index is -3.36. The summed E-state index contributed by atoms with van der Waals surface area (Å²) in [7, 11) is -1.79. The molecular formula is C14H22ClNO3S. The van der Waals surface area contributed by atoms with Crippen molar-refractivity contribution in [3.05, 3.63) is 35.4 Å². The molecule has 0 aliphatic rings. The van der Waals surface area contributed by atoms with Gasteiger partial charge >= 0.3 is 0 Å². The summed E-state index contributed by atoms with van der Waals surface area (Å²) in [6, 6.07) is 7.18. The minimum Gasteiger partial charge on any atom is -0.383 e. The fourth-order valence-electron chi connectivity index (χ4n) is 2.20. The van der Waals surface area contributed by atoms with E-state index in [-0.39, 0.29) is 11.8 Å². The number of methoxy groups -OCH3 is 1. The lowest BCUT2D eigenvalue weighted by atomic mass is 10.2. The maximum Gasteiger partial charge on any atom is 0.218 e. The van der Waals surface area contributed by atoms with Gasteiger partial charge in [-0.15, -0.1) is 11.6 Å². The van der Waals surface area contributed by atoms with Crippen LogP contribution in [0.5, 0.6) is 0 Å². The summed E-state index contributed by atoms with van der Waals surface area (Å²) in [6.07, 6.45) is 0. The second-order valence-corrected chi connectivity index (χ2v) is 6.91. The van der Waals surface area contributed by atoms with Crippen molar-refractivity contribution in [1.82, 2.24) is 4.31 Å². The smallest absolute Gasteiger partial charge is 0.218 e. The van der Waals surface area contributed by atoms with Crippen LogP contribution in [0.15, 0.2) is 24.3 Å². The minimum absolute atomic E-state index is 0.0143. The van der Waals surface area contributed by atoms with Gasteiger partial charge in [0.25, 0.3) is 0 Å². The maximum absolute atomic E-state index is 12.5. The van der Waals surface area contributed by atoms with Crippen LogP contribution in [0.1, 0.15) is 25.0 Å². The van der Waals surface area contributed by atoms with Gasteiger partial charge < -0.3 is 4.74 Å². The van der Waals surface area contributed by atoms with Crippen LogP contribution in [0.4, 0.5) is 0 Å². The van der Waals surface area contributed by atoms with Crippen LogP contribution in [0.25, 0.3) is 0 Å². The van der Waals surface area contributed by atoms with Gasteiger partial charge in [0.05, 0.1) is 12.4 Å². The highest BCUT2D eigenvalue weighted by Crippen LogP contribution is 2.16. The zero-order chi connectivity index (χ0) is 15.2. The third kappa shape index (κ3) is 4.74. The maximum atomic E-state index is 12.5. The van der Waals surface area contributed by atoms with Gasteiger partial charge in [-0.05, 0) is 18.1 Å². The molecule has 0 fully saturated rings. The number of likely N-dealkylation sites (N-methyl/N-ethyl adjacent to an activating group) is 1. The summed E-state index contributed by atoms with van der Waals surface area (Å²) < 4.78 is 31.5. The molecule has 1 aromatic carbocycles. The Kier molecular flexibility index (Phi) is 6.95. The second kappa shape index (κ2) is 7.98. The van der Waals surface area contributed by atoms with E-state index in [4.69, 9.17) is 16.3 Å². The lowest BCUT2D eigenvalue weighted by molar-refractivity contribution is 0.142. The molecule has 0 saturated carbocycles. The molecule has 1 rings (SSSR count). The zero-order valence-corrected chi connectivity index (χ0v) is 13.7. The van der Waals surface area contributed by atoms with Gasteiger partial charge in [-0.25, -0.2) is 8.42 Å². The Labute approximate surface area is 126 Å². The fourth-order valence-corrected chi connectivity index (χ4v) is 4.14. The van der Waals surface area contributed by atoms with Crippen LogP contribution < -0.4 is 0 Å². The van der Waals surface area contributed by atoms with E-state index in [1.54, 1.807) is 7.11 Å². The molecule has 4 nitrogen and oxygen atoms in total. The second-order valence-electron chi connectivity index (χ2n) is 4.72. The molecule has 0 aliphatic heterocycles. The number of ether oxygens (including phenoxy) is 1. The van der Waals surface area contributed by atoms with E-state index in [1.165, 1.54) is 4.31 Å². The Morgan fingerprint density at radius 1 is 1.35 bits per heavy atom. The number of hydrogen-bond donors (Lipinski definition) is 0. The normalized spacial score (nSPS) is 13.7. The van der Waals surface area contributed by atoms with E-state index >= 15 is 0 Å². The van der Waals surface area contributed by atoms with Crippen molar-refractivity contribution >= 4 is 21.6 Å². The molecule has 1 aromatic rings. The van der Waals surface area contributed by atoms with Crippen LogP contribution in [0.3, 0.4) is 0 Å². The van der Waals surface area contributed by atoms with Crippen LogP contribution >= 0.6 is 11.6 Å².